The smallest absolute Gasteiger partial charge is 0.224 e. The van der Waals surface area contributed by atoms with Crippen molar-refractivity contribution in [1.82, 2.24) is 4.90 Å². The highest BCUT2D eigenvalue weighted by Crippen LogP contribution is 2.23. The lowest BCUT2D eigenvalue weighted by molar-refractivity contribution is -0.116. The van der Waals surface area contributed by atoms with Gasteiger partial charge in [0.1, 0.15) is 0 Å². The van der Waals surface area contributed by atoms with Crippen molar-refractivity contribution < 1.29 is 4.79 Å². The van der Waals surface area contributed by atoms with Gasteiger partial charge in [-0.15, -0.1) is 0 Å². The van der Waals surface area contributed by atoms with Crippen molar-refractivity contribution in [2.45, 2.75) is 39.0 Å². The zero-order valence-electron chi connectivity index (χ0n) is 17.7. The Morgan fingerprint density at radius 3 is 2.11 bits per heavy atom. The third-order valence-electron chi connectivity index (χ3n) is 5.48. The van der Waals surface area contributed by atoms with Crippen LogP contribution in [0.25, 0.3) is 0 Å². The van der Waals surface area contributed by atoms with E-state index in [2.05, 4.69) is 79.3 Å². The molecule has 28 heavy (non-hydrogen) atoms. The first-order valence-corrected chi connectivity index (χ1v) is 10.2. The molecule has 1 N–H and O–H groups in total. The van der Waals surface area contributed by atoms with Gasteiger partial charge in [-0.1, -0.05) is 45.0 Å². The van der Waals surface area contributed by atoms with E-state index in [1.807, 2.05) is 12.1 Å². The number of aryl methyl sites for hydroxylation is 1. The molecule has 4 nitrogen and oxygen atoms in total. The highest BCUT2D eigenvalue weighted by molar-refractivity contribution is 5.91. The Bertz CT molecular complexity index is 767. The van der Waals surface area contributed by atoms with Crippen LogP contribution in [0.1, 0.15) is 38.3 Å². The SMILES string of the molecule is CN1CCN(c2ccc(NC(=O)CCc3ccc(C(C)(C)C)cc3)cc2)CC1. The number of benzene rings is 2. The summed E-state index contributed by atoms with van der Waals surface area (Å²) < 4.78 is 0. The Balaban J connectivity index is 1.48. The van der Waals surface area contributed by atoms with Crippen LogP contribution in [0.4, 0.5) is 11.4 Å². The summed E-state index contributed by atoms with van der Waals surface area (Å²) in [4.78, 5) is 17.1. The lowest BCUT2D eigenvalue weighted by Crippen LogP contribution is -2.44. The van der Waals surface area contributed by atoms with Gasteiger partial charge in [0.25, 0.3) is 0 Å². The lowest BCUT2D eigenvalue weighted by Gasteiger charge is -2.34. The molecule has 1 heterocycles. The molecule has 150 valence electrons. The molecule has 1 aliphatic rings. The van der Waals surface area contributed by atoms with Crippen LogP contribution in [0.2, 0.25) is 0 Å². The number of likely N-dealkylation sites (N-methyl/N-ethyl adjacent to an activating group) is 1. The summed E-state index contributed by atoms with van der Waals surface area (Å²) in [6.45, 7) is 10.9. The van der Waals surface area contributed by atoms with E-state index in [1.165, 1.54) is 16.8 Å². The molecular formula is C24H33N3O. The fourth-order valence-corrected chi connectivity index (χ4v) is 3.47. The first-order valence-electron chi connectivity index (χ1n) is 10.2. The fraction of sp³-hybridized carbons (Fsp3) is 0.458. The minimum atomic E-state index is 0.0623. The average molecular weight is 380 g/mol. The van der Waals surface area contributed by atoms with Gasteiger partial charge in [0.2, 0.25) is 5.91 Å². The maximum atomic E-state index is 12.3. The van der Waals surface area contributed by atoms with Crippen molar-refractivity contribution in [2.24, 2.45) is 0 Å². The molecule has 1 amide bonds. The van der Waals surface area contributed by atoms with E-state index in [4.69, 9.17) is 0 Å². The molecule has 0 radical (unpaired) electrons. The quantitative estimate of drug-likeness (QED) is 0.841. The fourth-order valence-electron chi connectivity index (χ4n) is 3.47. The van der Waals surface area contributed by atoms with Gasteiger partial charge in [-0.2, -0.15) is 0 Å². The zero-order chi connectivity index (χ0) is 20.1. The van der Waals surface area contributed by atoms with Crippen LogP contribution in [0.15, 0.2) is 48.5 Å². The van der Waals surface area contributed by atoms with Crippen LogP contribution >= 0.6 is 0 Å². The van der Waals surface area contributed by atoms with E-state index in [0.29, 0.717) is 6.42 Å². The summed E-state index contributed by atoms with van der Waals surface area (Å²) in [5.41, 5.74) is 4.78. The Morgan fingerprint density at radius 1 is 0.929 bits per heavy atom. The number of carbonyl (C=O) groups excluding carboxylic acids is 1. The van der Waals surface area contributed by atoms with Crippen molar-refractivity contribution in [2.75, 3.05) is 43.4 Å². The second-order valence-corrected chi connectivity index (χ2v) is 8.83. The van der Waals surface area contributed by atoms with Crippen molar-refractivity contribution in [3.8, 4) is 0 Å². The first-order chi connectivity index (χ1) is 13.3. The van der Waals surface area contributed by atoms with Gasteiger partial charge in [-0.05, 0) is 54.3 Å². The van der Waals surface area contributed by atoms with E-state index >= 15 is 0 Å². The largest absolute Gasteiger partial charge is 0.369 e. The molecule has 0 bridgehead atoms. The minimum Gasteiger partial charge on any atom is -0.369 e. The van der Waals surface area contributed by atoms with Gasteiger partial charge in [0.15, 0.2) is 0 Å². The molecule has 0 atom stereocenters. The van der Waals surface area contributed by atoms with Crippen molar-refractivity contribution in [1.29, 1.82) is 0 Å². The average Bonchev–Trinajstić information content (AvgIpc) is 2.67. The van der Waals surface area contributed by atoms with Gasteiger partial charge in [-0.25, -0.2) is 0 Å². The van der Waals surface area contributed by atoms with E-state index < -0.39 is 0 Å². The highest BCUT2D eigenvalue weighted by Gasteiger charge is 2.15. The van der Waals surface area contributed by atoms with Gasteiger partial charge < -0.3 is 15.1 Å². The van der Waals surface area contributed by atoms with Crippen LogP contribution in [-0.4, -0.2) is 44.0 Å². The van der Waals surface area contributed by atoms with E-state index in [1.54, 1.807) is 0 Å². The summed E-state index contributed by atoms with van der Waals surface area (Å²) in [5.74, 6) is 0.0623. The Kier molecular flexibility index (Phi) is 6.40. The number of nitrogens with zero attached hydrogens (tertiary/aromatic N) is 2. The number of hydrogen-bond acceptors (Lipinski definition) is 3. The standard InChI is InChI=1S/C24H33N3O/c1-24(2,3)20-8-5-19(6-9-20)7-14-23(28)25-21-10-12-22(13-11-21)27-17-15-26(4)16-18-27/h5-6,8-13H,7,14-18H2,1-4H3,(H,25,28). The molecule has 2 aromatic rings. The van der Waals surface area contributed by atoms with Gasteiger partial charge in [0.05, 0.1) is 0 Å². The summed E-state index contributed by atoms with van der Waals surface area (Å²) in [7, 11) is 2.16. The topological polar surface area (TPSA) is 35.6 Å². The van der Waals surface area contributed by atoms with Crippen LogP contribution in [-0.2, 0) is 16.6 Å². The van der Waals surface area contributed by atoms with Crippen molar-refractivity contribution in [3.05, 3.63) is 59.7 Å². The summed E-state index contributed by atoms with van der Waals surface area (Å²) in [5, 5.41) is 3.02. The number of amides is 1. The van der Waals surface area contributed by atoms with E-state index in [-0.39, 0.29) is 11.3 Å². The third-order valence-corrected chi connectivity index (χ3v) is 5.48. The van der Waals surface area contributed by atoms with Crippen LogP contribution < -0.4 is 10.2 Å². The Hall–Kier alpha value is -2.33. The maximum Gasteiger partial charge on any atom is 0.224 e. The molecule has 1 fully saturated rings. The molecule has 4 heteroatoms. The summed E-state index contributed by atoms with van der Waals surface area (Å²) >= 11 is 0. The molecule has 0 aromatic heterocycles. The number of anilines is 2. The second-order valence-electron chi connectivity index (χ2n) is 8.83. The van der Waals surface area contributed by atoms with Crippen LogP contribution in [0.5, 0.6) is 0 Å². The van der Waals surface area contributed by atoms with Gasteiger partial charge in [-0.3, -0.25) is 4.79 Å². The number of piperazine rings is 1. The normalized spacial score (nSPS) is 15.5. The predicted molar refractivity (Wildman–Crippen MR) is 118 cm³/mol. The molecule has 3 rings (SSSR count). The predicted octanol–water partition coefficient (Wildman–Crippen LogP) is 4.31. The van der Waals surface area contributed by atoms with Crippen LogP contribution in [0, 0.1) is 0 Å². The second kappa shape index (κ2) is 8.78. The van der Waals surface area contributed by atoms with Crippen LogP contribution in [0.3, 0.4) is 0 Å². The number of carbonyl (C=O) groups is 1. The van der Waals surface area contributed by atoms with Gasteiger partial charge in [0, 0.05) is 44.0 Å². The molecule has 0 aliphatic carbocycles. The summed E-state index contributed by atoms with van der Waals surface area (Å²) in [6, 6.07) is 16.8. The van der Waals surface area contributed by atoms with Gasteiger partial charge >= 0.3 is 0 Å². The summed E-state index contributed by atoms with van der Waals surface area (Å²) in [6.07, 6.45) is 1.25. The third kappa shape index (κ3) is 5.59. The molecule has 1 aliphatic heterocycles. The minimum absolute atomic E-state index is 0.0623. The number of hydrogen-bond donors (Lipinski definition) is 1. The zero-order valence-corrected chi connectivity index (χ0v) is 17.7. The Labute approximate surface area is 169 Å². The van der Waals surface area contributed by atoms with E-state index in [0.717, 1.165) is 38.3 Å². The van der Waals surface area contributed by atoms with Crippen molar-refractivity contribution >= 4 is 17.3 Å². The Morgan fingerprint density at radius 2 is 1.54 bits per heavy atom. The highest BCUT2D eigenvalue weighted by atomic mass is 16.1. The first kappa shape index (κ1) is 20.4. The van der Waals surface area contributed by atoms with Crippen molar-refractivity contribution in [3.63, 3.8) is 0 Å². The molecule has 0 unspecified atom stereocenters. The number of nitrogens with one attached hydrogen (secondary N) is 1. The van der Waals surface area contributed by atoms with E-state index in [9.17, 15) is 4.79 Å². The molecule has 0 saturated carbocycles. The maximum absolute atomic E-state index is 12.3. The number of rotatable bonds is 5. The molecule has 0 spiro atoms. The molecule has 2 aromatic carbocycles. The molecule has 1 saturated heterocycles. The molecular weight excluding hydrogens is 346 g/mol. The monoisotopic (exact) mass is 379 g/mol. The lowest BCUT2D eigenvalue weighted by atomic mass is 9.86.